The highest BCUT2D eigenvalue weighted by Crippen LogP contribution is 2.55. The van der Waals surface area contributed by atoms with Crippen molar-refractivity contribution in [2.45, 2.75) is 0 Å². The second kappa shape index (κ2) is 4.48. The predicted octanol–water partition coefficient (Wildman–Crippen LogP) is 3.09. The summed E-state index contributed by atoms with van der Waals surface area (Å²) in [6, 6.07) is 0. The summed E-state index contributed by atoms with van der Waals surface area (Å²) < 4.78 is 11.2. The average Bonchev–Trinajstić information content (AvgIpc) is 1.84. The van der Waals surface area contributed by atoms with E-state index in [-0.39, 0.29) is 0 Å². The number of thioether (sulfide) groups is 1. The van der Waals surface area contributed by atoms with Gasteiger partial charge in [0.15, 0.2) is 6.34 Å². The molecule has 0 rings (SSSR count). The van der Waals surface area contributed by atoms with Crippen molar-refractivity contribution in [1.82, 2.24) is 0 Å². The molecule has 1 atom stereocenters. The first-order chi connectivity index (χ1) is 4.12. The van der Waals surface area contributed by atoms with E-state index in [0.717, 1.165) is 0 Å². The van der Waals surface area contributed by atoms with Crippen LogP contribution in [0.25, 0.3) is 0 Å². The molecule has 0 aliphatic carbocycles. The number of rotatable bonds is 3. The minimum atomic E-state index is -1.97. The zero-order chi connectivity index (χ0) is 7.33. The van der Waals surface area contributed by atoms with Gasteiger partial charge in [-0.2, -0.15) is 0 Å². The third-order valence-corrected chi connectivity index (χ3v) is 5.40. The van der Waals surface area contributed by atoms with Crippen molar-refractivity contribution < 1.29 is 4.57 Å². The molecule has 4 heteroatoms. The second-order valence-corrected chi connectivity index (χ2v) is 8.11. The average molecular weight is 182 g/mol. The molecule has 0 aliphatic rings. The molecule has 0 bridgehead atoms. The molecule has 0 fully saturated rings. The lowest BCUT2D eigenvalue weighted by Gasteiger charge is -1.99. The highest BCUT2D eigenvalue weighted by atomic mass is 32.7. The van der Waals surface area contributed by atoms with Crippen molar-refractivity contribution in [3.05, 3.63) is 11.2 Å². The molecule has 0 amide bonds. The lowest BCUT2D eigenvalue weighted by molar-refractivity contribution is 0.593. The molecule has 9 heavy (non-hydrogen) atoms. The van der Waals surface area contributed by atoms with Crippen LogP contribution < -0.4 is 0 Å². The van der Waals surface area contributed by atoms with Crippen LogP contribution >= 0.6 is 29.5 Å². The van der Waals surface area contributed by atoms with Crippen LogP contribution in [-0.4, -0.2) is 19.2 Å². The third kappa shape index (κ3) is 5.13. The first kappa shape index (κ1) is 9.67. The molecular formula is C5H11OPS2. The largest absolute Gasteiger partial charge is 0.308 e. The molecule has 0 saturated heterocycles. The molecule has 0 aromatic heterocycles. The van der Waals surface area contributed by atoms with Crippen molar-refractivity contribution in [3.63, 3.8) is 0 Å². The molecule has 0 N–H and O–H groups in total. The molecule has 1 unspecified atom stereocenters. The van der Waals surface area contributed by atoms with E-state index in [4.69, 9.17) is 0 Å². The van der Waals surface area contributed by atoms with Gasteiger partial charge in [-0.25, -0.2) is 0 Å². The van der Waals surface area contributed by atoms with E-state index in [2.05, 4.69) is 0 Å². The summed E-state index contributed by atoms with van der Waals surface area (Å²) in [5.74, 6) is 1.78. The van der Waals surface area contributed by atoms with Crippen molar-refractivity contribution in [1.29, 1.82) is 0 Å². The van der Waals surface area contributed by atoms with Crippen molar-refractivity contribution in [2.75, 3.05) is 19.2 Å². The fraction of sp³-hybridized carbons (Fsp3) is 0.600. The quantitative estimate of drug-likeness (QED) is 0.624. The van der Waals surface area contributed by atoms with Gasteiger partial charge < -0.3 is 4.57 Å². The summed E-state index contributed by atoms with van der Waals surface area (Å²) >= 11 is 3.00. The third-order valence-electron chi connectivity index (χ3n) is 0.830. The van der Waals surface area contributed by atoms with Gasteiger partial charge in [0.05, 0.1) is 0 Å². The Hall–Kier alpha value is 0.670. The van der Waals surface area contributed by atoms with Gasteiger partial charge in [0, 0.05) is 6.66 Å². The lowest BCUT2D eigenvalue weighted by atomic mass is 11.3. The SMILES string of the molecule is CSC=CP(C)(=O)SC. The standard InChI is InChI=1S/C5H11OPS2/c1-7(6,9-3)4-5-8-2/h4-5H,1-3H3. The summed E-state index contributed by atoms with van der Waals surface area (Å²) in [5.41, 5.74) is 0. The van der Waals surface area contributed by atoms with Crippen LogP contribution in [0.5, 0.6) is 0 Å². The molecule has 0 radical (unpaired) electrons. The summed E-state index contributed by atoms with van der Waals surface area (Å²) in [7, 11) is 0. The van der Waals surface area contributed by atoms with Gasteiger partial charge >= 0.3 is 0 Å². The smallest absolute Gasteiger partial charge is 0.157 e. The summed E-state index contributed by atoms with van der Waals surface area (Å²) in [5, 5.41) is 1.87. The fourth-order valence-corrected chi connectivity index (χ4v) is 2.54. The topological polar surface area (TPSA) is 17.1 Å². The Bertz CT molecular complexity index is 144. The molecular weight excluding hydrogens is 171 g/mol. The Balaban J connectivity index is 3.86. The van der Waals surface area contributed by atoms with E-state index in [9.17, 15) is 4.57 Å². The molecule has 54 valence electrons. The van der Waals surface area contributed by atoms with Crippen LogP contribution in [0, 0.1) is 0 Å². The zero-order valence-electron chi connectivity index (χ0n) is 5.83. The molecule has 0 heterocycles. The van der Waals surface area contributed by atoms with E-state index in [1.807, 2.05) is 17.9 Å². The summed E-state index contributed by atoms with van der Waals surface area (Å²) in [6.45, 7) is 1.77. The minimum absolute atomic E-state index is 1.42. The molecule has 0 aliphatic heterocycles. The first-order valence-electron chi connectivity index (χ1n) is 2.46. The van der Waals surface area contributed by atoms with E-state index in [1.54, 1.807) is 24.2 Å². The Kier molecular flexibility index (Phi) is 4.81. The Labute approximate surface area is 64.8 Å². The molecule has 0 saturated carbocycles. The van der Waals surface area contributed by atoms with E-state index >= 15 is 0 Å². The summed E-state index contributed by atoms with van der Waals surface area (Å²) in [4.78, 5) is 0. The Morgan fingerprint density at radius 1 is 1.44 bits per heavy atom. The Morgan fingerprint density at radius 3 is 2.33 bits per heavy atom. The molecule has 0 aromatic carbocycles. The highest BCUT2D eigenvalue weighted by molar-refractivity contribution is 8.58. The maximum atomic E-state index is 11.2. The number of hydrogen-bond donors (Lipinski definition) is 0. The van der Waals surface area contributed by atoms with Gasteiger partial charge in [-0.05, 0) is 23.7 Å². The molecule has 0 aromatic rings. The first-order valence-corrected chi connectivity index (χ1v) is 7.80. The maximum absolute atomic E-state index is 11.2. The van der Waals surface area contributed by atoms with E-state index in [0.29, 0.717) is 0 Å². The van der Waals surface area contributed by atoms with E-state index < -0.39 is 6.34 Å². The van der Waals surface area contributed by atoms with Crippen molar-refractivity contribution in [2.24, 2.45) is 0 Å². The lowest BCUT2D eigenvalue weighted by Crippen LogP contribution is -1.60. The van der Waals surface area contributed by atoms with Crippen LogP contribution in [0.15, 0.2) is 11.2 Å². The van der Waals surface area contributed by atoms with Crippen LogP contribution in [0.3, 0.4) is 0 Å². The predicted molar refractivity (Wildman–Crippen MR) is 49.7 cm³/mol. The van der Waals surface area contributed by atoms with Gasteiger partial charge in [0.2, 0.25) is 0 Å². The van der Waals surface area contributed by atoms with Crippen LogP contribution in [-0.2, 0) is 4.57 Å². The Morgan fingerprint density at radius 2 is 2.00 bits per heavy atom. The van der Waals surface area contributed by atoms with Gasteiger partial charge in [-0.15, -0.1) is 11.8 Å². The second-order valence-electron chi connectivity index (χ2n) is 1.61. The van der Waals surface area contributed by atoms with Crippen LogP contribution in [0.4, 0.5) is 0 Å². The summed E-state index contributed by atoms with van der Waals surface area (Å²) in [6.07, 6.45) is 1.85. The highest BCUT2D eigenvalue weighted by Gasteiger charge is 2.05. The van der Waals surface area contributed by atoms with Gasteiger partial charge in [-0.3, -0.25) is 0 Å². The van der Waals surface area contributed by atoms with Crippen LogP contribution in [0.2, 0.25) is 0 Å². The zero-order valence-corrected chi connectivity index (χ0v) is 8.35. The normalized spacial score (nSPS) is 18.1. The van der Waals surface area contributed by atoms with Crippen LogP contribution in [0.1, 0.15) is 0 Å². The van der Waals surface area contributed by atoms with Gasteiger partial charge in [0.1, 0.15) is 0 Å². The van der Waals surface area contributed by atoms with Crippen molar-refractivity contribution in [3.8, 4) is 0 Å². The fourth-order valence-electron chi connectivity index (χ4n) is 0.232. The monoisotopic (exact) mass is 182 g/mol. The van der Waals surface area contributed by atoms with Gasteiger partial charge in [0.25, 0.3) is 0 Å². The molecule has 0 spiro atoms. The van der Waals surface area contributed by atoms with E-state index in [1.165, 1.54) is 11.4 Å². The van der Waals surface area contributed by atoms with Crippen molar-refractivity contribution >= 4 is 29.5 Å². The van der Waals surface area contributed by atoms with Gasteiger partial charge in [-0.1, -0.05) is 11.4 Å². The maximum Gasteiger partial charge on any atom is 0.157 e. The molecule has 1 nitrogen and oxygen atoms in total. The minimum Gasteiger partial charge on any atom is -0.308 e. The number of hydrogen-bond acceptors (Lipinski definition) is 3.